The number of carbonyl (C=O) groups is 1. The predicted octanol–water partition coefficient (Wildman–Crippen LogP) is 0.966. The van der Waals surface area contributed by atoms with Crippen molar-refractivity contribution in [2.24, 2.45) is 0 Å². The van der Waals surface area contributed by atoms with Crippen LogP contribution in [0.1, 0.15) is 18.2 Å². The van der Waals surface area contributed by atoms with E-state index in [9.17, 15) is 4.79 Å². The molecule has 0 aromatic carbocycles. The number of likely N-dealkylation sites (N-methyl/N-ethyl adjacent to an activating group) is 1. The summed E-state index contributed by atoms with van der Waals surface area (Å²) in [7, 11) is 2.06. The van der Waals surface area contributed by atoms with Crippen molar-refractivity contribution in [1.82, 2.24) is 15.1 Å². The largest absolute Gasteiger partial charge is 0.450 e. The molecule has 0 unspecified atom stereocenters. The van der Waals surface area contributed by atoms with Crippen LogP contribution in [0.25, 0.3) is 0 Å². The molecule has 1 aromatic heterocycles. The molecule has 2 heterocycles. The molecule has 6 nitrogen and oxygen atoms in total. The highest BCUT2D eigenvalue weighted by atomic mass is 16.5. The average molecular weight is 224 g/mol. The van der Waals surface area contributed by atoms with E-state index in [4.69, 9.17) is 4.74 Å². The van der Waals surface area contributed by atoms with Gasteiger partial charge in [0.05, 0.1) is 12.3 Å². The number of amides is 1. The molecule has 1 aliphatic heterocycles. The van der Waals surface area contributed by atoms with Gasteiger partial charge in [-0.15, -0.1) is 0 Å². The van der Waals surface area contributed by atoms with Crippen LogP contribution in [0.2, 0.25) is 0 Å². The third kappa shape index (κ3) is 2.16. The monoisotopic (exact) mass is 224 g/mol. The number of ether oxygens (including phenoxy) is 1. The Balaban J connectivity index is 2.09. The smallest absolute Gasteiger partial charge is 0.412 e. The van der Waals surface area contributed by atoms with Crippen LogP contribution in [-0.4, -0.2) is 41.4 Å². The fourth-order valence-electron chi connectivity index (χ4n) is 1.82. The number of anilines is 1. The van der Waals surface area contributed by atoms with E-state index in [0.29, 0.717) is 12.4 Å². The first kappa shape index (κ1) is 10.9. The third-order valence-corrected chi connectivity index (χ3v) is 2.62. The maximum Gasteiger partial charge on any atom is 0.412 e. The molecule has 0 fully saturated rings. The zero-order valence-corrected chi connectivity index (χ0v) is 9.54. The molecule has 16 heavy (non-hydrogen) atoms. The molecule has 0 spiro atoms. The summed E-state index contributed by atoms with van der Waals surface area (Å²) in [4.78, 5) is 13.5. The molecule has 88 valence electrons. The minimum atomic E-state index is -0.448. The molecule has 2 N–H and O–H groups in total. The number of hydrogen-bond donors (Lipinski definition) is 2. The molecule has 0 atom stereocenters. The summed E-state index contributed by atoms with van der Waals surface area (Å²) in [6.45, 7) is 3.95. The number of H-pyrrole nitrogens is 1. The van der Waals surface area contributed by atoms with Gasteiger partial charge in [0, 0.05) is 18.7 Å². The fraction of sp³-hybridized carbons (Fsp3) is 0.600. The first-order valence-electron chi connectivity index (χ1n) is 5.39. The molecule has 0 saturated carbocycles. The number of rotatable bonds is 2. The van der Waals surface area contributed by atoms with Crippen LogP contribution in [0, 0.1) is 0 Å². The van der Waals surface area contributed by atoms with Gasteiger partial charge in [-0.3, -0.25) is 10.4 Å². The highest BCUT2D eigenvalue weighted by molar-refractivity contribution is 5.84. The second-order valence-corrected chi connectivity index (χ2v) is 3.86. The normalized spacial score (nSPS) is 15.6. The number of aromatic nitrogens is 2. The molecule has 6 heteroatoms. The van der Waals surface area contributed by atoms with E-state index in [0.717, 1.165) is 30.8 Å². The lowest BCUT2D eigenvalue weighted by atomic mass is 10.1. The molecule has 1 aromatic rings. The molecular weight excluding hydrogens is 208 g/mol. The minimum Gasteiger partial charge on any atom is -0.450 e. The van der Waals surface area contributed by atoms with Crippen molar-refractivity contribution in [3.63, 3.8) is 0 Å². The van der Waals surface area contributed by atoms with Crippen molar-refractivity contribution < 1.29 is 9.53 Å². The van der Waals surface area contributed by atoms with Crippen molar-refractivity contribution in [2.45, 2.75) is 19.9 Å². The van der Waals surface area contributed by atoms with E-state index in [2.05, 4.69) is 27.5 Å². The number of nitrogens with zero attached hydrogens (tertiary/aromatic N) is 2. The van der Waals surface area contributed by atoms with Crippen LogP contribution >= 0.6 is 0 Å². The highest BCUT2D eigenvalue weighted by Crippen LogP contribution is 2.22. The van der Waals surface area contributed by atoms with Crippen molar-refractivity contribution in [1.29, 1.82) is 0 Å². The predicted molar refractivity (Wildman–Crippen MR) is 59.3 cm³/mol. The molecule has 1 amide bonds. The van der Waals surface area contributed by atoms with Crippen LogP contribution in [0.4, 0.5) is 10.6 Å². The molecular formula is C10H16N4O2. The molecule has 0 saturated heterocycles. The van der Waals surface area contributed by atoms with Gasteiger partial charge in [0.1, 0.15) is 0 Å². The highest BCUT2D eigenvalue weighted by Gasteiger charge is 2.20. The Hall–Kier alpha value is -1.56. The van der Waals surface area contributed by atoms with Crippen LogP contribution in [0.15, 0.2) is 0 Å². The van der Waals surface area contributed by atoms with Crippen molar-refractivity contribution in [2.75, 3.05) is 25.5 Å². The van der Waals surface area contributed by atoms with Gasteiger partial charge in [-0.05, 0) is 20.4 Å². The summed E-state index contributed by atoms with van der Waals surface area (Å²) in [6, 6.07) is 0. The van der Waals surface area contributed by atoms with Gasteiger partial charge in [0.25, 0.3) is 0 Å². The van der Waals surface area contributed by atoms with Gasteiger partial charge in [0.2, 0.25) is 0 Å². The lowest BCUT2D eigenvalue weighted by Crippen LogP contribution is -2.26. The molecule has 1 aliphatic rings. The maximum atomic E-state index is 11.3. The first-order valence-corrected chi connectivity index (χ1v) is 5.39. The van der Waals surface area contributed by atoms with Crippen molar-refractivity contribution in [3.8, 4) is 0 Å². The molecule has 0 bridgehead atoms. The summed E-state index contributed by atoms with van der Waals surface area (Å²) in [5, 5.41) is 9.68. The molecule has 0 radical (unpaired) electrons. The topological polar surface area (TPSA) is 70.2 Å². The maximum absolute atomic E-state index is 11.3. The van der Waals surface area contributed by atoms with Gasteiger partial charge in [-0.25, -0.2) is 4.79 Å². The summed E-state index contributed by atoms with van der Waals surface area (Å²) >= 11 is 0. The standard InChI is InChI=1S/C10H16N4O2/c1-3-16-10(15)11-9-7-4-5-14(2)6-8(7)12-13-9/h3-6H2,1-2H3,(H2,11,12,13,15). The zero-order valence-electron chi connectivity index (χ0n) is 9.54. The summed E-state index contributed by atoms with van der Waals surface area (Å²) < 4.78 is 4.81. The number of carbonyl (C=O) groups excluding carboxylic acids is 1. The van der Waals surface area contributed by atoms with Gasteiger partial charge < -0.3 is 9.64 Å². The number of fused-ring (bicyclic) bond motifs is 1. The Kier molecular flexibility index (Phi) is 3.09. The fourth-order valence-corrected chi connectivity index (χ4v) is 1.82. The Morgan fingerprint density at radius 2 is 2.50 bits per heavy atom. The summed E-state index contributed by atoms with van der Waals surface area (Å²) in [5.74, 6) is 0.599. The van der Waals surface area contributed by atoms with Gasteiger partial charge in [-0.2, -0.15) is 5.10 Å². The van der Waals surface area contributed by atoms with Crippen molar-refractivity contribution >= 4 is 11.9 Å². The quantitative estimate of drug-likeness (QED) is 0.785. The summed E-state index contributed by atoms with van der Waals surface area (Å²) in [6.07, 6.45) is 0.445. The second-order valence-electron chi connectivity index (χ2n) is 3.86. The number of nitrogens with one attached hydrogen (secondary N) is 2. The minimum absolute atomic E-state index is 0.362. The van der Waals surface area contributed by atoms with E-state index >= 15 is 0 Å². The van der Waals surface area contributed by atoms with Crippen molar-refractivity contribution in [3.05, 3.63) is 11.3 Å². The van der Waals surface area contributed by atoms with E-state index in [1.54, 1.807) is 6.92 Å². The van der Waals surface area contributed by atoms with E-state index < -0.39 is 6.09 Å². The van der Waals surface area contributed by atoms with E-state index in [-0.39, 0.29) is 0 Å². The van der Waals surface area contributed by atoms with E-state index in [1.165, 1.54) is 0 Å². The SMILES string of the molecule is CCOC(=O)Nc1n[nH]c2c1CCN(C)C2. The Labute approximate surface area is 94.0 Å². The zero-order chi connectivity index (χ0) is 11.5. The molecule has 2 rings (SSSR count). The van der Waals surface area contributed by atoms with Crippen LogP contribution in [0.3, 0.4) is 0 Å². The van der Waals surface area contributed by atoms with Gasteiger partial charge in [-0.1, -0.05) is 0 Å². The lowest BCUT2D eigenvalue weighted by molar-refractivity contribution is 0.168. The molecule has 0 aliphatic carbocycles. The van der Waals surface area contributed by atoms with E-state index in [1.807, 2.05) is 0 Å². The van der Waals surface area contributed by atoms with Gasteiger partial charge >= 0.3 is 6.09 Å². The number of hydrogen-bond acceptors (Lipinski definition) is 4. The summed E-state index contributed by atoms with van der Waals surface area (Å²) in [5.41, 5.74) is 2.16. The van der Waals surface area contributed by atoms with Gasteiger partial charge in [0.15, 0.2) is 5.82 Å². The van der Waals surface area contributed by atoms with Crippen LogP contribution in [0.5, 0.6) is 0 Å². The number of aromatic amines is 1. The third-order valence-electron chi connectivity index (χ3n) is 2.62. The Bertz CT molecular complexity index is 388. The van der Waals surface area contributed by atoms with Crippen LogP contribution < -0.4 is 5.32 Å². The lowest BCUT2D eigenvalue weighted by Gasteiger charge is -2.21. The second kappa shape index (κ2) is 4.52. The Morgan fingerprint density at radius 1 is 1.69 bits per heavy atom. The average Bonchev–Trinajstić information content (AvgIpc) is 2.61. The first-order chi connectivity index (χ1) is 7.70. The Morgan fingerprint density at radius 3 is 3.25 bits per heavy atom. The van der Waals surface area contributed by atoms with Crippen LogP contribution in [-0.2, 0) is 17.7 Å².